The first-order chi connectivity index (χ1) is 12.9. The molecule has 0 aliphatic rings. The van der Waals surface area contributed by atoms with E-state index >= 15 is 0 Å². The molecule has 0 aliphatic heterocycles. The molecule has 0 unspecified atom stereocenters. The number of halogens is 1. The summed E-state index contributed by atoms with van der Waals surface area (Å²) >= 11 is 0. The van der Waals surface area contributed by atoms with Gasteiger partial charge in [-0.1, -0.05) is 6.07 Å². The summed E-state index contributed by atoms with van der Waals surface area (Å²) in [5.74, 6) is -0.00462. The molecule has 0 radical (unpaired) electrons. The van der Waals surface area contributed by atoms with Crippen LogP contribution >= 0.6 is 0 Å². The lowest BCUT2D eigenvalue weighted by Crippen LogP contribution is -2.14. The Hall–Kier alpha value is -3.44. The molecule has 0 spiro atoms. The zero-order valence-electron chi connectivity index (χ0n) is 14.3. The van der Waals surface area contributed by atoms with E-state index in [1.54, 1.807) is 36.4 Å². The van der Waals surface area contributed by atoms with Gasteiger partial charge < -0.3 is 5.32 Å². The maximum absolute atomic E-state index is 13.2. The number of hydrogen-bond donors (Lipinski definition) is 2. The molecule has 2 aromatic carbocycles. The van der Waals surface area contributed by atoms with Crippen LogP contribution in [0.3, 0.4) is 0 Å². The average Bonchev–Trinajstić information content (AvgIpc) is 2.63. The van der Waals surface area contributed by atoms with Crippen LogP contribution in [0.1, 0.15) is 11.1 Å². The van der Waals surface area contributed by atoms with Crippen molar-refractivity contribution in [1.82, 2.24) is 4.98 Å². The first-order valence-electron chi connectivity index (χ1n) is 7.89. The van der Waals surface area contributed by atoms with E-state index in [9.17, 15) is 12.8 Å². The fraction of sp³-hybridized carbons (Fsp3) is 0.0526. The smallest absolute Gasteiger partial charge is 0.262 e. The fourth-order valence-electron chi connectivity index (χ4n) is 2.47. The maximum atomic E-state index is 13.2. The van der Waals surface area contributed by atoms with Crippen molar-refractivity contribution in [2.75, 3.05) is 10.0 Å². The van der Waals surface area contributed by atoms with E-state index in [4.69, 9.17) is 5.26 Å². The number of aromatic nitrogens is 1. The highest BCUT2D eigenvalue weighted by Crippen LogP contribution is 2.21. The second-order valence-corrected chi connectivity index (χ2v) is 7.42. The number of hydrogen-bond acceptors (Lipinski definition) is 5. The van der Waals surface area contributed by atoms with E-state index in [-0.39, 0.29) is 10.6 Å². The molecule has 1 heterocycles. The quantitative estimate of drug-likeness (QED) is 0.697. The summed E-state index contributed by atoms with van der Waals surface area (Å²) in [5.41, 5.74) is 1.79. The lowest BCUT2D eigenvalue weighted by molar-refractivity contribution is 0.598. The highest BCUT2D eigenvalue weighted by Gasteiger charge is 2.17. The summed E-state index contributed by atoms with van der Waals surface area (Å²) in [4.78, 5) is 4.16. The minimum absolute atomic E-state index is 0.000537. The van der Waals surface area contributed by atoms with E-state index in [0.29, 0.717) is 22.6 Å². The summed E-state index contributed by atoms with van der Waals surface area (Å²) in [6.45, 7) is 1.53. The number of pyridine rings is 1. The zero-order chi connectivity index (χ0) is 19.4. The van der Waals surface area contributed by atoms with Gasteiger partial charge in [0.25, 0.3) is 10.0 Å². The molecule has 0 fully saturated rings. The van der Waals surface area contributed by atoms with Gasteiger partial charge >= 0.3 is 0 Å². The highest BCUT2D eigenvalue weighted by molar-refractivity contribution is 7.92. The van der Waals surface area contributed by atoms with Crippen LogP contribution in [0, 0.1) is 24.1 Å². The summed E-state index contributed by atoms with van der Waals surface area (Å²) in [6, 6.07) is 15.6. The Morgan fingerprint density at radius 1 is 1.07 bits per heavy atom. The van der Waals surface area contributed by atoms with Gasteiger partial charge in [0.1, 0.15) is 11.6 Å². The number of rotatable bonds is 5. The number of nitrogens with one attached hydrogen (secondary N) is 2. The summed E-state index contributed by atoms with van der Waals surface area (Å²) in [7, 11) is -3.85. The van der Waals surface area contributed by atoms with Crippen molar-refractivity contribution in [3.05, 3.63) is 77.7 Å². The van der Waals surface area contributed by atoms with E-state index < -0.39 is 15.8 Å². The Bertz CT molecular complexity index is 1120. The Morgan fingerprint density at radius 2 is 1.89 bits per heavy atom. The molecule has 1 aromatic heterocycles. The van der Waals surface area contributed by atoms with Crippen LogP contribution in [0.4, 0.5) is 21.6 Å². The molecular formula is C19H15FN4O2S. The number of nitrogens with zero attached hydrogens (tertiary/aromatic N) is 2. The van der Waals surface area contributed by atoms with Crippen molar-refractivity contribution < 1.29 is 12.8 Å². The molecule has 3 aromatic rings. The number of anilines is 3. The van der Waals surface area contributed by atoms with Gasteiger partial charge in [-0.25, -0.2) is 17.8 Å². The topological polar surface area (TPSA) is 94.9 Å². The van der Waals surface area contributed by atoms with E-state index in [1.165, 1.54) is 19.2 Å². The number of aryl methyl sites for hydroxylation is 1. The Balaban J connectivity index is 1.76. The molecule has 3 rings (SSSR count). The normalized spacial score (nSPS) is 10.9. The number of benzene rings is 2. The third kappa shape index (κ3) is 4.40. The fourth-order valence-corrected chi connectivity index (χ4v) is 3.74. The molecule has 0 bridgehead atoms. The predicted molar refractivity (Wildman–Crippen MR) is 101 cm³/mol. The SMILES string of the molecule is Cc1cc(F)ccc1S(=O)(=O)Nc1ccc(Nc2cccc(C#N)c2)nc1. The minimum atomic E-state index is -3.85. The van der Waals surface area contributed by atoms with Gasteiger partial charge in [0.05, 0.1) is 28.4 Å². The summed E-state index contributed by atoms with van der Waals surface area (Å²) < 4.78 is 40.5. The van der Waals surface area contributed by atoms with E-state index in [0.717, 1.165) is 12.1 Å². The first-order valence-corrected chi connectivity index (χ1v) is 9.38. The molecule has 8 heteroatoms. The third-order valence-corrected chi connectivity index (χ3v) is 5.25. The molecule has 0 atom stereocenters. The summed E-state index contributed by atoms with van der Waals surface area (Å²) in [6.07, 6.45) is 1.37. The molecular weight excluding hydrogens is 367 g/mol. The third-order valence-electron chi connectivity index (χ3n) is 3.71. The molecule has 0 aliphatic carbocycles. The van der Waals surface area contributed by atoms with Crippen LogP contribution in [0.25, 0.3) is 0 Å². The molecule has 136 valence electrons. The van der Waals surface area contributed by atoms with Crippen LogP contribution < -0.4 is 10.0 Å². The van der Waals surface area contributed by atoms with Crippen molar-refractivity contribution in [3.63, 3.8) is 0 Å². The van der Waals surface area contributed by atoms with Crippen LogP contribution in [0.15, 0.2) is 65.7 Å². The van der Waals surface area contributed by atoms with Crippen molar-refractivity contribution in [2.24, 2.45) is 0 Å². The van der Waals surface area contributed by atoms with Crippen LogP contribution in [-0.2, 0) is 10.0 Å². The Kier molecular flexibility index (Phi) is 5.05. The van der Waals surface area contributed by atoms with E-state index in [2.05, 4.69) is 21.1 Å². The largest absolute Gasteiger partial charge is 0.340 e. The molecule has 6 nitrogen and oxygen atoms in total. The van der Waals surface area contributed by atoms with Crippen molar-refractivity contribution in [1.29, 1.82) is 5.26 Å². The van der Waals surface area contributed by atoms with Crippen molar-refractivity contribution >= 4 is 27.2 Å². The first kappa shape index (κ1) is 18.4. The van der Waals surface area contributed by atoms with Crippen LogP contribution in [0.2, 0.25) is 0 Å². The molecule has 0 saturated heterocycles. The second kappa shape index (κ2) is 7.43. The molecule has 0 saturated carbocycles. The zero-order valence-corrected chi connectivity index (χ0v) is 15.1. The van der Waals surface area contributed by atoms with Gasteiger partial charge in [-0.3, -0.25) is 4.72 Å². The van der Waals surface area contributed by atoms with Crippen LogP contribution in [0.5, 0.6) is 0 Å². The van der Waals surface area contributed by atoms with Gasteiger partial charge in [0.15, 0.2) is 0 Å². The highest BCUT2D eigenvalue weighted by atomic mass is 32.2. The molecule has 0 amide bonds. The van der Waals surface area contributed by atoms with E-state index in [1.807, 2.05) is 0 Å². The van der Waals surface area contributed by atoms with Crippen LogP contribution in [-0.4, -0.2) is 13.4 Å². The van der Waals surface area contributed by atoms with Crippen molar-refractivity contribution in [2.45, 2.75) is 11.8 Å². The molecule has 2 N–H and O–H groups in total. The molecule has 27 heavy (non-hydrogen) atoms. The number of nitriles is 1. The lowest BCUT2D eigenvalue weighted by Gasteiger charge is -2.11. The predicted octanol–water partition coefficient (Wildman–Crippen LogP) is 3.95. The number of sulfonamides is 1. The van der Waals surface area contributed by atoms with Gasteiger partial charge in [0, 0.05) is 5.69 Å². The summed E-state index contributed by atoms with van der Waals surface area (Å²) in [5, 5.41) is 12.0. The maximum Gasteiger partial charge on any atom is 0.262 e. The van der Waals surface area contributed by atoms with Gasteiger partial charge in [-0.2, -0.15) is 5.26 Å². The van der Waals surface area contributed by atoms with Gasteiger partial charge in [-0.15, -0.1) is 0 Å². The lowest BCUT2D eigenvalue weighted by atomic mass is 10.2. The van der Waals surface area contributed by atoms with Gasteiger partial charge in [0.2, 0.25) is 0 Å². The standard InChI is InChI=1S/C19H15FN4O2S/c1-13-9-15(20)5-7-18(13)27(25,26)24-17-6-8-19(22-12-17)23-16-4-2-3-14(10-16)11-21/h2-10,12,24H,1H3,(H,22,23). The van der Waals surface area contributed by atoms with Crippen molar-refractivity contribution in [3.8, 4) is 6.07 Å². The Labute approximate surface area is 156 Å². The van der Waals surface area contributed by atoms with Gasteiger partial charge in [-0.05, 0) is 61.0 Å². The monoisotopic (exact) mass is 382 g/mol. The average molecular weight is 382 g/mol. The minimum Gasteiger partial charge on any atom is -0.340 e. The Morgan fingerprint density at radius 3 is 2.56 bits per heavy atom. The second-order valence-electron chi connectivity index (χ2n) is 5.77.